The van der Waals surface area contributed by atoms with Crippen molar-refractivity contribution in [2.75, 3.05) is 7.11 Å². The fourth-order valence-corrected chi connectivity index (χ4v) is 4.39. The first-order valence-electron chi connectivity index (χ1n) is 10.9. The van der Waals surface area contributed by atoms with E-state index in [0.29, 0.717) is 23.6 Å². The molecule has 2 heterocycles. The Morgan fingerprint density at radius 1 is 1.00 bits per heavy atom. The lowest BCUT2D eigenvalue weighted by Gasteiger charge is -2.31. The normalized spacial score (nSPS) is 11.6. The molecule has 0 saturated carbocycles. The molecular formula is C27H26N2O4S. The molecule has 0 unspecified atom stereocenters. The molecule has 0 radical (unpaired) electrons. The molecule has 0 saturated heterocycles. The first-order chi connectivity index (χ1) is 16.6. The van der Waals surface area contributed by atoms with Crippen LogP contribution in [-0.4, -0.2) is 23.8 Å². The van der Waals surface area contributed by atoms with E-state index < -0.39 is 6.04 Å². The van der Waals surface area contributed by atoms with E-state index in [1.165, 1.54) is 11.3 Å². The van der Waals surface area contributed by atoms with Gasteiger partial charge in [0.05, 0.1) is 26.3 Å². The van der Waals surface area contributed by atoms with Crippen molar-refractivity contribution in [3.05, 3.63) is 112 Å². The van der Waals surface area contributed by atoms with E-state index in [1.807, 2.05) is 60.0 Å². The number of thiophene rings is 1. The summed E-state index contributed by atoms with van der Waals surface area (Å²) in [6.07, 6.45) is 1.77. The fourth-order valence-electron chi connectivity index (χ4n) is 3.70. The summed E-state index contributed by atoms with van der Waals surface area (Å²) in [5, 5.41) is 4.95. The fraction of sp³-hybridized carbons (Fsp3) is 0.185. The summed E-state index contributed by atoms with van der Waals surface area (Å²) in [6, 6.07) is 23.5. The lowest BCUT2D eigenvalue weighted by molar-refractivity contribution is -0.141. The third kappa shape index (κ3) is 5.94. The van der Waals surface area contributed by atoms with Gasteiger partial charge in [0.1, 0.15) is 17.6 Å². The highest BCUT2D eigenvalue weighted by Gasteiger charge is 2.32. The molecule has 0 aliphatic heterocycles. The van der Waals surface area contributed by atoms with Gasteiger partial charge in [-0.25, -0.2) is 0 Å². The van der Waals surface area contributed by atoms with Gasteiger partial charge in [0, 0.05) is 11.4 Å². The average molecular weight is 475 g/mol. The molecule has 2 amide bonds. The van der Waals surface area contributed by atoms with Gasteiger partial charge in [0.25, 0.3) is 0 Å². The minimum atomic E-state index is -0.841. The van der Waals surface area contributed by atoms with Gasteiger partial charge in [-0.3, -0.25) is 9.59 Å². The van der Waals surface area contributed by atoms with Crippen LogP contribution in [0.15, 0.2) is 94.9 Å². The molecule has 6 nitrogen and oxygen atoms in total. The molecule has 34 heavy (non-hydrogen) atoms. The number of hydrogen-bond donors (Lipinski definition) is 1. The van der Waals surface area contributed by atoms with Crippen molar-refractivity contribution in [3.8, 4) is 5.75 Å². The molecular weight excluding hydrogens is 448 g/mol. The van der Waals surface area contributed by atoms with Crippen LogP contribution in [0.1, 0.15) is 27.8 Å². The lowest BCUT2D eigenvalue weighted by atomic mass is 10.0. The van der Waals surface area contributed by atoms with E-state index in [2.05, 4.69) is 5.32 Å². The molecule has 174 valence electrons. The van der Waals surface area contributed by atoms with Crippen LogP contribution < -0.4 is 10.1 Å². The first-order valence-corrected chi connectivity index (χ1v) is 11.8. The number of nitrogens with zero attached hydrogens (tertiary/aromatic N) is 1. The standard InChI is InChI=1S/C27H26N2O4S/c1-32-22-13-11-21(12-14-22)26(27(31)28-18-20-7-3-2-4-8-20)29(19-23-9-5-15-33-23)25(30)17-24-10-6-16-34-24/h2-16,26H,17-19H2,1H3,(H,28,31)/t26-/m1/s1. The summed E-state index contributed by atoms with van der Waals surface area (Å²) in [5.74, 6) is 0.859. The maximum Gasteiger partial charge on any atom is 0.247 e. The number of nitrogens with one attached hydrogen (secondary N) is 1. The molecule has 1 atom stereocenters. The Morgan fingerprint density at radius 3 is 2.44 bits per heavy atom. The number of carbonyl (C=O) groups excluding carboxylic acids is 2. The van der Waals surface area contributed by atoms with E-state index in [4.69, 9.17) is 9.15 Å². The molecule has 0 aliphatic carbocycles. The number of carbonyl (C=O) groups is 2. The molecule has 4 aromatic rings. The summed E-state index contributed by atoms with van der Waals surface area (Å²) in [6.45, 7) is 0.534. The van der Waals surface area contributed by atoms with Gasteiger partial charge in [0.15, 0.2) is 0 Å². The van der Waals surface area contributed by atoms with Crippen molar-refractivity contribution >= 4 is 23.2 Å². The second-order valence-corrected chi connectivity index (χ2v) is 8.77. The van der Waals surface area contributed by atoms with Crippen molar-refractivity contribution in [1.82, 2.24) is 10.2 Å². The monoisotopic (exact) mass is 474 g/mol. The van der Waals surface area contributed by atoms with Crippen LogP contribution >= 0.6 is 11.3 Å². The van der Waals surface area contributed by atoms with Crippen LogP contribution in [0.25, 0.3) is 0 Å². The maximum atomic E-state index is 13.6. The Labute approximate surface area is 202 Å². The van der Waals surface area contributed by atoms with Crippen molar-refractivity contribution in [2.45, 2.75) is 25.6 Å². The quantitative estimate of drug-likeness (QED) is 0.352. The predicted octanol–water partition coefficient (Wildman–Crippen LogP) is 4.98. The SMILES string of the molecule is COc1ccc([C@H](C(=O)NCc2ccccc2)N(Cc2ccco2)C(=O)Cc2cccs2)cc1. The summed E-state index contributed by atoms with van der Waals surface area (Å²) in [7, 11) is 1.59. The third-order valence-corrected chi connectivity index (χ3v) is 6.31. The lowest BCUT2D eigenvalue weighted by Crippen LogP contribution is -2.43. The summed E-state index contributed by atoms with van der Waals surface area (Å²) in [5.41, 5.74) is 1.67. The number of furan rings is 1. The zero-order valence-electron chi connectivity index (χ0n) is 18.8. The Kier molecular flexibility index (Phi) is 7.78. The first kappa shape index (κ1) is 23.3. The van der Waals surface area contributed by atoms with Crippen molar-refractivity contribution < 1.29 is 18.7 Å². The van der Waals surface area contributed by atoms with Gasteiger partial charge >= 0.3 is 0 Å². The Morgan fingerprint density at radius 2 is 1.79 bits per heavy atom. The molecule has 0 fully saturated rings. The molecule has 7 heteroatoms. The van der Waals surface area contributed by atoms with Gasteiger partial charge in [-0.05, 0) is 46.8 Å². The van der Waals surface area contributed by atoms with E-state index >= 15 is 0 Å². The Balaban J connectivity index is 1.66. The highest BCUT2D eigenvalue weighted by molar-refractivity contribution is 7.10. The number of rotatable bonds is 10. The molecule has 4 rings (SSSR count). The van der Waals surface area contributed by atoms with Gasteiger partial charge in [-0.2, -0.15) is 0 Å². The summed E-state index contributed by atoms with van der Waals surface area (Å²) in [4.78, 5) is 29.6. The van der Waals surface area contributed by atoms with Crippen molar-refractivity contribution in [1.29, 1.82) is 0 Å². The summed E-state index contributed by atoms with van der Waals surface area (Å²) >= 11 is 1.52. The maximum absolute atomic E-state index is 13.6. The molecule has 2 aromatic carbocycles. The van der Waals surface area contributed by atoms with Crippen LogP contribution in [0.2, 0.25) is 0 Å². The van der Waals surface area contributed by atoms with Crippen LogP contribution in [0.5, 0.6) is 5.75 Å². The molecule has 0 aliphatic rings. The number of hydrogen-bond acceptors (Lipinski definition) is 5. The predicted molar refractivity (Wildman–Crippen MR) is 131 cm³/mol. The highest BCUT2D eigenvalue weighted by atomic mass is 32.1. The molecule has 0 bridgehead atoms. The smallest absolute Gasteiger partial charge is 0.247 e. The molecule has 0 spiro atoms. The average Bonchev–Trinajstić information content (AvgIpc) is 3.58. The van der Waals surface area contributed by atoms with Gasteiger partial charge in [-0.15, -0.1) is 11.3 Å². The summed E-state index contributed by atoms with van der Waals surface area (Å²) < 4.78 is 10.8. The second kappa shape index (κ2) is 11.3. The zero-order chi connectivity index (χ0) is 23.8. The number of methoxy groups -OCH3 is 1. The van der Waals surface area contributed by atoms with E-state index in [0.717, 1.165) is 10.4 Å². The largest absolute Gasteiger partial charge is 0.497 e. The second-order valence-electron chi connectivity index (χ2n) is 7.74. The topological polar surface area (TPSA) is 71.8 Å². The number of benzene rings is 2. The van der Waals surface area contributed by atoms with Gasteiger partial charge in [0.2, 0.25) is 11.8 Å². The van der Waals surface area contributed by atoms with Crippen LogP contribution in [-0.2, 0) is 29.1 Å². The van der Waals surface area contributed by atoms with E-state index in [-0.39, 0.29) is 24.8 Å². The molecule has 1 N–H and O–H groups in total. The zero-order valence-corrected chi connectivity index (χ0v) is 19.7. The van der Waals surface area contributed by atoms with E-state index in [1.54, 1.807) is 42.5 Å². The van der Waals surface area contributed by atoms with Crippen LogP contribution in [0.3, 0.4) is 0 Å². The molecule has 2 aromatic heterocycles. The van der Waals surface area contributed by atoms with Gasteiger partial charge in [-0.1, -0.05) is 48.5 Å². The minimum Gasteiger partial charge on any atom is -0.497 e. The van der Waals surface area contributed by atoms with Crippen molar-refractivity contribution in [2.24, 2.45) is 0 Å². The van der Waals surface area contributed by atoms with Crippen LogP contribution in [0, 0.1) is 0 Å². The van der Waals surface area contributed by atoms with Gasteiger partial charge < -0.3 is 19.4 Å². The minimum absolute atomic E-state index is 0.158. The Bertz CT molecular complexity index is 1170. The van der Waals surface area contributed by atoms with Crippen LogP contribution in [0.4, 0.5) is 0 Å². The number of amides is 2. The Hall–Kier alpha value is -3.84. The van der Waals surface area contributed by atoms with E-state index in [9.17, 15) is 9.59 Å². The highest BCUT2D eigenvalue weighted by Crippen LogP contribution is 2.27. The third-order valence-electron chi connectivity index (χ3n) is 5.43. The number of ether oxygens (including phenoxy) is 1. The van der Waals surface area contributed by atoms with Crippen molar-refractivity contribution in [3.63, 3.8) is 0 Å².